The van der Waals surface area contributed by atoms with Gasteiger partial charge in [-0.15, -0.1) is 0 Å². The van der Waals surface area contributed by atoms with Gasteiger partial charge in [0.1, 0.15) is 5.78 Å². The minimum atomic E-state index is -3.24. The molecule has 0 spiro atoms. The predicted molar refractivity (Wildman–Crippen MR) is 91.4 cm³/mol. The monoisotopic (exact) mass is 331 g/mol. The lowest BCUT2D eigenvalue weighted by molar-refractivity contribution is 0.217. The summed E-state index contributed by atoms with van der Waals surface area (Å²) in [7, 11) is -3.24. The first-order valence-corrected chi connectivity index (χ1v) is 9.56. The SMILES string of the molecule is CCOP(=O)(OCC)C1NC1(c1ccccc1)c1ccccc1. The second-order valence-corrected chi connectivity index (χ2v) is 7.57. The summed E-state index contributed by atoms with van der Waals surface area (Å²) in [4.78, 5) is 0. The smallest absolute Gasteiger partial charge is 0.308 e. The molecule has 3 rings (SSSR count). The molecule has 23 heavy (non-hydrogen) atoms. The Hall–Kier alpha value is -1.45. The van der Waals surface area contributed by atoms with Crippen molar-refractivity contribution < 1.29 is 13.6 Å². The van der Waals surface area contributed by atoms with Crippen LogP contribution in [-0.4, -0.2) is 19.0 Å². The van der Waals surface area contributed by atoms with Crippen molar-refractivity contribution in [3.05, 3.63) is 71.8 Å². The van der Waals surface area contributed by atoms with Gasteiger partial charge in [-0.25, -0.2) is 0 Å². The summed E-state index contributed by atoms with van der Waals surface area (Å²) in [6.07, 6.45) is 0. The summed E-state index contributed by atoms with van der Waals surface area (Å²) in [5.74, 6) is -0.375. The fourth-order valence-electron chi connectivity index (χ4n) is 3.09. The highest BCUT2D eigenvalue weighted by Crippen LogP contribution is 2.66. The molecule has 1 saturated heterocycles. The van der Waals surface area contributed by atoms with E-state index < -0.39 is 13.1 Å². The molecule has 5 heteroatoms. The Kier molecular flexibility index (Phi) is 4.69. The molecule has 0 aromatic heterocycles. The number of nitrogens with one attached hydrogen (secondary N) is 1. The van der Waals surface area contributed by atoms with Crippen LogP contribution in [0.25, 0.3) is 0 Å². The van der Waals surface area contributed by atoms with Crippen LogP contribution in [0.4, 0.5) is 0 Å². The Morgan fingerprint density at radius 1 is 0.913 bits per heavy atom. The van der Waals surface area contributed by atoms with Gasteiger partial charge in [0.25, 0.3) is 0 Å². The highest BCUT2D eigenvalue weighted by atomic mass is 31.2. The van der Waals surface area contributed by atoms with E-state index in [1.165, 1.54) is 0 Å². The van der Waals surface area contributed by atoms with Crippen LogP contribution in [0, 0.1) is 0 Å². The average Bonchev–Trinajstić information content (AvgIpc) is 3.35. The van der Waals surface area contributed by atoms with Gasteiger partial charge in [-0.2, -0.15) is 0 Å². The highest BCUT2D eigenvalue weighted by Gasteiger charge is 2.66. The van der Waals surface area contributed by atoms with Crippen molar-refractivity contribution >= 4 is 7.60 Å². The summed E-state index contributed by atoms with van der Waals surface area (Å²) >= 11 is 0. The van der Waals surface area contributed by atoms with Crippen molar-refractivity contribution in [1.29, 1.82) is 0 Å². The topological polar surface area (TPSA) is 57.5 Å². The second kappa shape index (κ2) is 6.58. The first-order chi connectivity index (χ1) is 11.2. The minimum absolute atomic E-state index is 0.356. The van der Waals surface area contributed by atoms with Crippen LogP contribution in [-0.2, 0) is 19.2 Å². The molecule has 2 aromatic carbocycles. The molecule has 1 unspecified atom stereocenters. The van der Waals surface area contributed by atoms with E-state index in [0.29, 0.717) is 13.2 Å². The van der Waals surface area contributed by atoms with Gasteiger partial charge < -0.3 is 9.05 Å². The Balaban J connectivity index is 2.06. The quantitative estimate of drug-likeness (QED) is 0.612. The van der Waals surface area contributed by atoms with Crippen LogP contribution in [0.2, 0.25) is 0 Å². The fraction of sp³-hybridized carbons (Fsp3) is 0.333. The third kappa shape index (κ3) is 2.88. The van der Waals surface area contributed by atoms with Crippen molar-refractivity contribution in [2.75, 3.05) is 13.2 Å². The van der Waals surface area contributed by atoms with E-state index in [1.807, 2.05) is 74.5 Å². The third-order valence-corrected chi connectivity index (χ3v) is 6.47. The normalized spacial score (nSPS) is 19.5. The van der Waals surface area contributed by atoms with Crippen LogP contribution in [0.15, 0.2) is 60.7 Å². The molecule has 0 saturated carbocycles. The molecule has 0 amide bonds. The van der Waals surface area contributed by atoms with Crippen molar-refractivity contribution in [3.8, 4) is 0 Å². The summed E-state index contributed by atoms with van der Waals surface area (Å²) in [6, 6.07) is 20.1. The van der Waals surface area contributed by atoms with Crippen LogP contribution in [0.3, 0.4) is 0 Å². The van der Waals surface area contributed by atoms with E-state index in [4.69, 9.17) is 9.05 Å². The maximum Gasteiger partial charge on any atom is 0.350 e. The third-order valence-electron chi connectivity index (χ3n) is 4.08. The van der Waals surface area contributed by atoms with Gasteiger partial charge in [0, 0.05) is 0 Å². The molecule has 1 fully saturated rings. The Morgan fingerprint density at radius 2 is 1.35 bits per heavy atom. The van der Waals surface area contributed by atoms with E-state index in [9.17, 15) is 4.57 Å². The Morgan fingerprint density at radius 3 is 1.74 bits per heavy atom. The van der Waals surface area contributed by atoms with Gasteiger partial charge >= 0.3 is 7.60 Å². The molecule has 0 radical (unpaired) electrons. The largest absolute Gasteiger partial charge is 0.350 e. The van der Waals surface area contributed by atoms with Crippen molar-refractivity contribution in [3.63, 3.8) is 0 Å². The van der Waals surface area contributed by atoms with Gasteiger partial charge in [0.2, 0.25) is 0 Å². The van der Waals surface area contributed by atoms with Gasteiger partial charge in [-0.05, 0) is 25.0 Å². The lowest BCUT2D eigenvalue weighted by Crippen LogP contribution is -2.18. The molecule has 1 N–H and O–H groups in total. The fourth-order valence-corrected chi connectivity index (χ4v) is 5.31. The molecular weight excluding hydrogens is 309 g/mol. The van der Waals surface area contributed by atoms with Gasteiger partial charge in [-0.3, -0.25) is 9.88 Å². The molecule has 122 valence electrons. The molecule has 1 aliphatic heterocycles. The summed E-state index contributed by atoms with van der Waals surface area (Å²) in [5.41, 5.74) is 1.61. The van der Waals surface area contributed by atoms with Gasteiger partial charge in [0.15, 0.2) is 0 Å². The zero-order valence-electron chi connectivity index (χ0n) is 13.4. The minimum Gasteiger partial charge on any atom is -0.308 e. The number of rotatable bonds is 7. The molecule has 1 heterocycles. The van der Waals surface area contributed by atoms with Crippen LogP contribution < -0.4 is 5.32 Å². The zero-order chi connectivity index (χ0) is 16.3. The maximum absolute atomic E-state index is 13.2. The molecule has 1 aliphatic rings. The van der Waals surface area contributed by atoms with E-state index in [2.05, 4.69) is 5.32 Å². The standard InChI is InChI=1S/C18H22NO3P/c1-3-21-23(20,22-4-2)17-18(19-17,15-11-7-5-8-12-15)16-13-9-6-10-14-16/h5-14,17,19H,3-4H2,1-2H3. The molecule has 4 nitrogen and oxygen atoms in total. The lowest BCUT2D eigenvalue weighted by atomic mass is 9.91. The summed E-state index contributed by atoms with van der Waals surface area (Å²) in [5, 5.41) is 3.41. The van der Waals surface area contributed by atoms with Crippen LogP contribution >= 0.6 is 7.60 Å². The molecular formula is C18H22NO3P. The first-order valence-electron chi connectivity index (χ1n) is 7.95. The first kappa shape index (κ1) is 16.4. The summed E-state index contributed by atoms with van der Waals surface area (Å²) < 4.78 is 24.4. The molecule has 0 aliphatic carbocycles. The van der Waals surface area contributed by atoms with E-state index >= 15 is 0 Å². The van der Waals surface area contributed by atoms with Crippen molar-refractivity contribution in [2.45, 2.75) is 25.2 Å². The lowest BCUT2D eigenvalue weighted by Gasteiger charge is -2.21. The second-order valence-electron chi connectivity index (χ2n) is 5.46. The molecule has 2 aromatic rings. The van der Waals surface area contributed by atoms with Crippen LogP contribution in [0.5, 0.6) is 0 Å². The maximum atomic E-state index is 13.2. The Labute approximate surface area is 137 Å². The number of hydrogen-bond acceptors (Lipinski definition) is 4. The van der Waals surface area contributed by atoms with Gasteiger partial charge in [-0.1, -0.05) is 60.7 Å². The van der Waals surface area contributed by atoms with Crippen molar-refractivity contribution in [2.24, 2.45) is 0 Å². The van der Waals surface area contributed by atoms with Gasteiger partial charge in [0.05, 0.1) is 18.8 Å². The highest BCUT2D eigenvalue weighted by molar-refractivity contribution is 7.55. The average molecular weight is 331 g/mol. The van der Waals surface area contributed by atoms with E-state index in [-0.39, 0.29) is 5.78 Å². The predicted octanol–water partition coefficient (Wildman–Crippen LogP) is 4.13. The zero-order valence-corrected chi connectivity index (χ0v) is 14.3. The summed E-state index contributed by atoms with van der Waals surface area (Å²) in [6.45, 7) is 4.38. The number of benzene rings is 2. The van der Waals surface area contributed by atoms with Crippen LogP contribution in [0.1, 0.15) is 25.0 Å². The molecule has 0 bridgehead atoms. The number of hydrogen-bond donors (Lipinski definition) is 1. The molecule has 1 atom stereocenters. The van der Waals surface area contributed by atoms with Crippen molar-refractivity contribution in [1.82, 2.24) is 5.32 Å². The Bertz CT molecular complexity index is 640. The van der Waals surface area contributed by atoms with E-state index in [0.717, 1.165) is 11.1 Å². The van der Waals surface area contributed by atoms with E-state index in [1.54, 1.807) is 0 Å².